The number of ether oxygens (including phenoxy) is 3. The average Bonchev–Trinajstić information content (AvgIpc) is 3.17. The van der Waals surface area contributed by atoms with Gasteiger partial charge in [0, 0.05) is 62.1 Å². The zero-order chi connectivity index (χ0) is 34.2. The fourth-order valence-electron chi connectivity index (χ4n) is 6.17. The van der Waals surface area contributed by atoms with Crippen LogP contribution in [-0.2, 0) is 16.1 Å². The molecule has 2 aliphatic heterocycles. The molecular formula is C38H41N5O6. The Morgan fingerprint density at radius 1 is 0.755 bits per heavy atom. The van der Waals surface area contributed by atoms with Crippen LogP contribution in [0.15, 0.2) is 91.0 Å². The molecule has 11 nitrogen and oxygen atoms in total. The van der Waals surface area contributed by atoms with Crippen LogP contribution in [0.2, 0.25) is 0 Å². The number of nitrogens with one attached hydrogen (secondary N) is 1. The van der Waals surface area contributed by atoms with Gasteiger partial charge in [-0.15, -0.1) is 0 Å². The van der Waals surface area contributed by atoms with Gasteiger partial charge in [0.1, 0.15) is 12.3 Å². The van der Waals surface area contributed by atoms with Crippen molar-refractivity contribution in [2.75, 3.05) is 63.7 Å². The summed E-state index contributed by atoms with van der Waals surface area (Å²) < 4.78 is 16.2. The molecule has 3 heterocycles. The average molecular weight is 664 g/mol. The Kier molecular flexibility index (Phi) is 10.6. The van der Waals surface area contributed by atoms with Crippen LogP contribution in [-0.4, -0.2) is 86.2 Å². The minimum atomic E-state index is -0.347. The first-order valence-corrected chi connectivity index (χ1v) is 16.5. The Morgan fingerprint density at radius 3 is 2.16 bits per heavy atom. The molecule has 0 aliphatic carbocycles. The van der Waals surface area contributed by atoms with E-state index in [-0.39, 0.29) is 30.4 Å². The number of nitrogens with zero attached hydrogens (tertiary/aromatic N) is 4. The largest absolute Gasteiger partial charge is 0.493 e. The maximum atomic E-state index is 13.4. The number of carbonyl (C=O) groups excluding carboxylic acids is 3. The highest BCUT2D eigenvalue weighted by molar-refractivity contribution is 5.93. The van der Waals surface area contributed by atoms with Gasteiger partial charge in [-0.2, -0.15) is 0 Å². The van der Waals surface area contributed by atoms with Gasteiger partial charge in [0.25, 0.3) is 5.91 Å². The fourth-order valence-corrected chi connectivity index (χ4v) is 6.17. The van der Waals surface area contributed by atoms with Gasteiger partial charge in [-0.25, -0.2) is 9.78 Å². The predicted octanol–water partition coefficient (Wildman–Crippen LogP) is 5.72. The molecule has 0 radical (unpaired) electrons. The SMILES string of the molecule is COc1ccc(-c2cccc(C(=O)N3CCN(c4ccc(NC(=O)C5CCN(C(=O)OCc6ccccc6)CC5)cc4)CC3)n2)cc1OC. The molecule has 4 aromatic rings. The molecule has 6 rings (SSSR count). The topological polar surface area (TPSA) is 114 Å². The Hall–Kier alpha value is -5.58. The molecule has 0 saturated carbocycles. The monoisotopic (exact) mass is 663 g/mol. The first-order chi connectivity index (χ1) is 23.9. The molecule has 2 aliphatic rings. The molecule has 2 fully saturated rings. The number of anilines is 2. The molecular weight excluding hydrogens is 622 g/mol. The van der Waals surface area contributed by atoms with Crippen LogP contribution in [0.1, 0.15) is 28.9 Å². The number of amides is 3. The van der Waals surface area contributed by atoms with Crippen molar-refractivity contribution in [2.45, 2.75) is 19.4 Å². The summed E-state index contributed by atoms with van der Waals surface area (Å²) in [6.45, 7) is 3.70. The van der Waals surface area contributed by atoms with Gasteiger partial charge in [0.05, 0.1) is 19.9 Å². The Bertz CT molecular complexity index is 1750. The first-order valence-electron chi connectivity index (χ1n) is 16.5. The molecule has 0 atom stereocenters. The number of rotatable bonds is 9. The minimum Gasteiger partial charge on any atom is -0.493 e. The lowest BCUT2D eigenvalue weighted by Gasteiger charge is -2.36. The van der Waals surface area contributed by atoms with Gasteiger partial charge >= 0.3 is 6.09 Å². The van der Waals surface area contributed by atoms with Crippen molar-refractivity contribution in [3.63, 3.8) is 0 Å². The van der Waals surface area contributed by atoms with Gasteiger partial charge in [-0.3, -0.25) is 9.59 Å². The number of aromatic nitrogens is 1. The number of carbonyl (C=O) groups is 3. The molecule has 2 saturated heterocycles. The molecule has 1 aromatic heterocycles. The van der Waals surface area contributed by atoms with E-state index >= 15 is 0 Å². The lowest BCUT2D eigenvalue weighted by atomic mass is 9.96. The number of pyridine rings is 1. The van der Waals surface area contributed by atoms with Crippen LogP contribution < -0.4 is 19.7 Å². The number of hydrogen-bond acceptors (Lipinski definition) is 8. The van der Waals surface area contributed by atoms with Crippen molar-refractivity contribution >= 4 is 29.3 Å². The second kappa shape index (κ2) is 15.5. The van der Waals surface area contributed by atoms with E-state index in [9.17, 15) is 14.4 Å². The van der Waals surface area contributed by atoms with Crippen molar-refractivity contribution in [1.82, 2.24) is 14.8 Å². The Labute approximate surface area is 286 Å². The second-order valence-electron chi connectivity index (χ2n) is 12.1. The summed E-state index contributed by atoms with van der Waals surface area (Å²) >= 11 is 0. The van der Waals surface area contributed by atoms with Crippen molar-refractivity contribution in [2.24, 2.45) is 5.92 Å². The summed E-state index contributed by atoms with van der Waals surface area (Å²) in [5.41, 5.74) is 4.61. The van der Waals surface area contributed by atoms with Crippen LogP contribution >= 0.6 is 0 Å². The number of benzene rings is 3. The van der Waals surface area contributed by atoms with Crippen LogP contribution in [0.3, 0.4) is 0 Å². The van der Waals surface area contributed by atoms with Gasteiger partial charge in [-0.1, -0.05) is 36.4 Å². The van der Waals surface area contributed by atoms with Crippen molar-refractivity contribution in [3.8, 4) is 22.8 Å². The maximum Gasteiger partial charge on any atom is 0.410 e. The smallest absolute Gasteiger partial charge is 0.410 e. The van der Waals surface area contributed by atoms with Crippen molar-refractivity contribution in [1.29, 1.82) is 0 Å². The van der Waals surface area contributed by atoms with E-state index in [0.29, 0.717) is 75.0 Å². The number of methoxy groups -OCH3 is 2. The standard InChI is InChI=1S/C38H41N5O6/c1-47-34-16-11-29(25-35(34)48-2)32-9-6-10-33(40-32)37(45)42-23-21-41(22-24-42)31-14-12-30(13-15-31)39-36(44)28-17-19-43(20-18-28)38(46)49-26-27-7-4-3-5-8-27/h3-16,25,28H,17-24,26H2,1-2H3,(H,39,44). The van der Waals surface area contributed by atoms with E-state index in [1.165, 1.54) is 0 Å². The van der Waals surface area contributed by atoms with Gasteiger partial charge in [-0.05, 0) is 73.0 Å². The van der Waals surface area contributed by atoms with E-state index in [1.807, 2.05) is 89.8 Å². The lowest BCUT2D eigenvalue weighted by Crippen LogP contribution is -2.49. The second-order valence-corrected chi connectivity index (χ2v) is 12.1. The third-order valence-electron chi connectivity index (χ3n) is 9.04. The summed E-state index contributed by atoms with van der Waals surface area (Å²) in [4.78, 5) is 49.3. The molecule has 11 heteroatoms. The minimum absolute atomic E-state index is 0.0408. The molecule has 1 N–H and O–H groups in total. The van der Waals surface area contributed by atoms with E-state index in [2.05, 4.69) is 15.2 Å². The van der Waals surface area contributed by atoms with E-state index in [1.54, 1.807) is 25.2 Å². The Morgan fingerprint density at radius 2 is 1.47 bits per heavy atom. The zero-order valence-electron chi connectivity index (χ0n) is 27.8. The summed E-state index contributed by atoms with van der Waals surface area (Å²) in [6.07, 6.45) is 0.827. The Balaban J connectivity index is 0.959. The summed E-state index contributed by atoms with van der Waals surface area (Å²) in [5, 5.41) is 3.04. The normalized spacial score (nSPS) is 15.0. The van der Waals surface area contributed by atoms with Crippen molar-refractivity contribution in [3.05, 3.63) is 102 Å². The zero-order valence-corrected chi connectivity index (χ0v) is 27.8. The number of likely N-dealkylation sites (tertiary alicyclic amines) is 1. The first kappa shape index (κ1) is 33.3. The molecule has 3 aromatic carbocycles. The molecule has 49 heavy (non-hydrogen) atoms. The molecule has 254 valence electrons. The van der Waals surface area contributed by atoms with Gasteiger partial charge in [0.2, 0.25) is 5.91 Å². The third-order valence-corrected chi connectivity index (χ3v) is 9.04. The highest BCUT2D eigenvalue weighted by atomic mass is 16.6. The molecule has 0 unspecified atom stereocenters. The summed E-state index contributed by atoms with van der Waals surface area (Å²) in [7, 11) is 3.18. The van der Waals surface area contributed by atoms with Crippen LogP contribution in [0.4, 0.5) is 16.2 Å². The predicted molar refractivity (Wildman–Crippen MR) is 187 cm³/mol. The summed E-state index contributed by atoms with van der Waals surface area (Å²) in [5.74, 6) is 0.915. The maximum absolute atomic E-state index is 13.4. The number of piperidine rings is 1. The fraction of sp³-hybridized carbons (Fsp3) is 0.316. The van der Waals surface area contributed by atoms with Crippen LogP contribution in [0, 0.1) is 5.92 Å². The summed E-state index contributed by atoms with van der Waals surface area (Å²) in [6, 6.07) is 28.4. The molecule has 0 bridgehead atoms. The van der Waals surface area contributed by atoms with E-state index in [4.69, 9.17) is 14.2 Å². The third kappa shape index (κ3) is 8.11. The van der Waals surface area contributed by atoms with Crippen LogP contribution in [0.5, 0.6) is 11.5 Å². The van der Waals surface area contributed by atoms with Crippen molar-refractivity contribution < 1.29 is 28.6 Å². The van der Waals surface area contributed by atoms with E-state index < -0.39 is 0 Å². The molecule has 3 amide bonds. The highest BCUT2D eigenvalue weighted by Gasteiger charge is 2.28. The van der Waals surface area contributed by atoms with Crippen LogP contribution in [0.25, 0.3) is 11.3 Å². The van der Waals surface area contributed by atoms with Gasteiger partial charge < -0.3 is 34.2 Å². The number of piperazine rings is 1. The quantitative estimate of drug-likeness (QED) is 0.242. The highest BCUT2D eigenvalue weighted by Crippen LogP contribution is 2.32. The lowest BCUT2D eigenvalue weighted by molar-refractivity contribution is -0.121. The molecule has 0 spiro atoms. The number of hydrogen-bond donors (Lipinski definition) is 1. The van der Waals surface area contributed by atoms with E-state index in [0.717, 1.165) is 22.5 Å². The van der Waals surface area contributed by atoms with Gasteiger partial charge in [0.15, 0.2) is 11.5 Å².